The van der Waals surface area contributed by atoms with Gasteiger partial charge in [-0.1, -0.05) is 85.6 Å². The van der Waals surface area contributed by atoms with Gasteiger partial charge in [-0.25, -0.2) is 4.31 Å². The largest absolute Gasteiger partial charge is 0.354 e. The van der Waals surface area contributed by atoms with Crippen LogP contribution < -0.4 is 9.62 Å². The summed E-state index contributed by atoms with van der Waals surface area (Å²) in [5.74, 6) is -0.825. The maximum atomic E-state index is 14.4. The molecule has 42 heavy (non-hydrogen) atoms. The minimum absolute atomic E-state index is 0.0276. The van der Waals surface area contributed by atoms with Gasteiger partial charge in [0.25, 0.3) is 0 Å². The Bertz CT molecular complexity index is 1460. The summed E-state index contributed by atoms with van der Waals surface area (Å²) in [6.07, 6.45) is 1.95. The zero-order chi connectivity index (χ0) is 30.9. The Morgan fingerprint density at radius 2 is 1.62 bits per heavy atom. The van der Waals surface area contributed by atoms with Crippen LogP contribution in [0.1, 0.15) is 42.0 Å². The molecule has 0 radical (unpaired) electrons. The van der Waals surface area contributed by atoms with E-state index in [0.717, 1.165) is 32.6 Å². The van der Waals surface area contributed by atoms with Crippen molar-refractivity contribution in [3.05, 3.63) is 100 Å². The van der Waals surface area contributed by atoms with Gasteiger partial charge in [0.1, 0.15) is 12.6 Å². The van der Waals surface area contributed by atoms with Gasteiger partial charge < -0.3 is 10.2 Å². The zero-order valence-corrected chi connectivity index (χ0v) is 26.6. The Morgan fingerprint density at radius 3 is 2.26 bits per heavy atom. The van der Waals surface area contributed by atoms with Crippen LogP contribution in [0.15, 0.2) is 72.8 Å². The molecule has 0 bridgehead atoms. The van der Waals surface area contributed by atoms with E-state index in [0.29, 0.717) is 28.4 Å². The van der Waals surface area contributed by atoms with Crippen molar-refractivity contribution >= 4 is 39.3 Å². The molecule has 0 saturated heterocycles. The normalized spacial score (nSPS) is 12.2. The van der Waals surface area contributed by atoms with Crippen molar-refractivity contribution in [2.24, 2.45) is 0 Å². The van der Waals surface area contributed by atoms with Gasteiger partial charge >= 0.3 is 10.2 Å². The van der Waals surface area contributed by atoms with Crippen LogP contribution in [0.4, 0.5) is 5.69 Å². The number of amides is 2. The van der Waals surface area contributed by atoms with Crippen molar-refractivity contribution in [2.75, 3.05) is 31.5 Å². The Balaban J connectivity index is 2.12. The van der Waals surface area contributed by atoms with Crippen LogP contribution in [-0.4, -0.2) is 62.7 Å². The first-order valence-electron chi connectivity index (χ1n) is 14.1. The fourth-order valence-corrected chi connectivity index (χ4v) is 5.87. The Hall–Kier alpha value is -3.40. The lowest BCUT2D eigenvalue weighted by molar-refractivity contribution is -0.140. The van der Waals surface area contributed by atoms with Gasteiger partial charge in [-0.15, -0.1) is 0 Å². The molecule has 8 nitrogen and oxygen atoms in total. The number of unbranched alkanes of at least 4 members (excludes halogenated alkanes) is 1. The van der Waals surface area contributed by atoms with E-state index in [9.17, 15) is 18.0 Å². The number of aryl methyl sites for hydroxylation is 2. The minimum atomic E-state index is -4.07. The van der Waals surface area contributed by atoms with Gasteiger partial charge in [-0.2, -0.15) is 12.7 Å². The number of benzene rings is 3. The molecule has 0 heterocycles. The number of carbonyl (C=O) groups is 2. The molecular weight excluding hydrogens is 572 g/mol. The van der Waals surface area contributed by atoms with E-state index in [1.165, 1.54) is 19.0 Å². The number of anilines is 1. The first-order valence-corrected chi connectivity index (χ1v) is 15.8. The molecule has 0 aromatic heterocycles. The number of hydrogen-bond donors (Lipinski definition) is 1. The summed E-state index contributed by atoms with van der Waals surface area (Å²) in [5.41, 5.74) is 3.49. The second-order valence-electron chi connectivity index (χ2n) is 10.5. The third-order valence-corrected chi connectivity index (χ3v) is 9.23. The van der Waals surface area contributed by atoms with Crippen molar-refractivity contribution < 1.29 is 18.0 Å². The maximum absolute atomic E-state index is 14.4. The second-order valence-corrected chi connectivity index (χ2v) is 13.0. The van der Waals surface area contributed by atoms with Crippen LogP contribution in [0.3, 0.4) is 0 Å². The molecule has 0 aliphatic rings. The minimum Gasteiger partial charge on any atom is -0.354 e. The lowest BCUT2D eigenvalue weighted by atomic mass is 10.0. The topological polar surface area (TPSA) is 90.0 Å². The van der Waals surface area contributed by atoms with Gasteiger partial charge in [-0.3, -0.25) is 9.59 Å². The van der Waals surface area contributed by atoms with Crippen LogP contribution in [0, 0.1) is 13.8 Å². The van der Waals surface area contributed by atoms with Crippen LogP contribution >= 0.6 is 11.6 Å². The van der Waals surface area contributed by atoms with E-state index in [1.807, 2.05) is 62.4 Å². The van der Waals surface area contributed by atoms with E-state index >= 15 is 0 Å². The molecule has 226 valence electrons. The van der Waals surface area contributed by atoms with Gasteiger partial charge in [0, 0.05) is 38.6 Å². The number of rotatable bonds is 14. The molecule has 3 aromatic rings. The average molecular weight is 613 g/mol. The number of halogens is 1. The van der Waals surface area contributed by atoms with Crippen LogP contribution in [0.25, 0.3) is 0 Å². The van der Waals surface area contributed by atoms with Crippen molar-refractivity contribution in [3.63, 3.8) is 0 Å². The van der Waals surface area contributed by atoms with Gasteiger partial charge in [0.15, 0.2) is 0 Å². The highest BCUT2D eigenvalue weighted by Gasteiger charge is 2.35. The highest BCUT2D eigenvalue weighted by atomic mass is 35.5. The summed E-state index contributed by atoms with van der Waals surface area (Å²) in [4.78, 5) is 29.5. The predicted molar refractivity (Wildman–Crippen MR) is 170 cm³/mol. The fraction of sp³-hybridized carbons (Fsp3) is 0.375. The summed E-state index contributed by atoms with van der Waals surface area (Å²) >= 11 is 6.52. The molecule has 2 amide bonds. The van der Waals surface area contributed by atoms with Gasteiger partial charge in [-0.05, 0) is 54.7 Å². The zero-order valence-electron chi connectivity index (χ0n) is 25.0. The van der Waals surface area contributed by atoms with Crippen molar-refractivity contribution in [1.82, 2.24) is 14.5 Å². The molecule has 3 aromatic carbocycles. The SMILES string of the molecule is CCCCNC(=O)C(Cc1ccccc1)N(Cc1ccccc1Cl)C(=O)CN(c1cc(C)ccc1C)S(=O)(=O)N(C)C. The standard InChI is InChI=1S/C32H41ClN4O4S/c1-6-7-19-34-32(39)30(21-26-13-9-8-10-14-26)36(22-27-15-11-12-16-28(27)33)31(38)23-37(42(40,41)35(4)5)29-20-24(2)17-18-25(29)3/h8-18,20,30H,6-7,19,21-23H2,1-5H3,(H,34,39). The molecule has 1 N–H and O–H groups in total. The monoisotopic (exact) mass is 612 g/mol. The quantitative estimate of drug-likeness (QED) is 0.256. The fourth-order valence-electron chi connectivity index (χ4n) is 4.56. The Kier molecular flexibility index (Phi) is 12.0. The first kappa shape index (κ1) is 33.1. The lowest BCUT2D eigenvalue weighted by Gasteiger charge is -2.35. The maximum Gasteiger partial charge on any atom is 0.304 e. The molecule has 0 aliphatic heterocycles. The number of carbonyl (C=O) groups excluding carboxylic acids is 2. The van der Waals surface area contributed by atoms with E-state index in [1.54, 1.807) is 31.2 Å². The van der Waals surface area contributed by atoms with Gasteiger partial charge in [0.05, 0.1) is 5.69 Å². The molecule has 1 atom stereocenters. The van der Waals surface area contributed by atoms with E-state index in [2.05, 4.69) is 5.32 Å². The Labute approximate surface area is 255 Å². The van der Waals surface area contributed by atoms with E-state index < -0.39 is 28.7 Å². The second kappa shape index (κ2) is 15.2. The molecule has 1 unspecified atom stereocenters. The lowest BCUT2D eigenvalue weighted by Crippen LogP contribution is -2.54. The highest BCUT2D eigenvalue weighted by molar-refractivity contribution is 7.90. The number of nitrogens with zero attached hydrogens (tertiary/aromatic N) is 3. The van der Waals surface area contributed by atoms with Crippen molar-refractivity contribution in [3.8, 4) is 0 Å². The van der Waals surface area contributed by atoms with Crippen molar-refractivity contribution in [2.45, 2.75) is 52.6 Å². The van der Waals surface area contributed by atoms with Crippen molar-refractivity contribution in [1.29, 1.82) is 0 Å². The molecule has 0 spiro atoms. The third kappa shape index (κ3) is 8.56. The summed E-state index contributed by atoms with van der Waals surface area (Å²) in [7, 11) is -1.21. The molecular formula is C32H41ClN4O4S. The molecule has 10 heteroatoms. The number of hydrogen-bond acceptors (Lipinski definition) is 4. The predicted octanol–water partition coefficient (Wildman–Crippen LogP) is 5.13. The number of nitrogens with one attached hydrogen (secondary N) is 1. The summed E-state index contributed by atoms with van der Waals surface area (Å²) in [6.45, 7) is 5.71. The summed E-state index contributed by atoms with van der Waals surface area (Å²) in [6, 6.07) is 21.2. The van der Waals surface area contributed by atoms with Crippen LogP contribution in [-0.2, 0) is 32.8 Å². The molecule has 0 aliphatic carbocycles. The molecule has 3 rings (SSSR count). The molecule has 0 saturated carbocycles. The summed E-state index contributed by atoms with van der Waals surface area (Å²) in [5, 5.41) is 3.44. The molecule has 0 fully saturated rings. The van der Waals surface area contributed by atoms with Crippen LogP contribution in [0.2, 0.25) is 5.02 Å². The van der Waals surface area contributed by atoms with E-state index in [-0.39, 0.29) is 18.9 Å². The van der Waals surface area contributed by atoms with Gasteiger partial charge in [0.2, 0.25) is 11.8 Å². The highest BCUT2D eigenvalue weighted by Crippen LogP contribution is 2.27. The third-order valence-electron chi connectivity index (χ3n) is 7.05. The smallest absolute Gasteiger partial charge is 0.304 e. The van der Waals surface area contributed by atoms with E-state index in [4.69, 9.17) is 11.6 Å². The average Bonchev–Trinajstić information content (AvgIpc) is 2.96. The first-order chi connectivity index (χ1) is 19.9. The summed E-state index contributed by atoms with van der Waals surface area (Å²) < 4.78 is 29.4. The Morgan fingerprint density at radius 1 is 0.952 bits per heavy atom. The van der Waals surface area contributed by atoms with Crippen LogP contribution in [0.5, 0.6) is 0 Å².